The number of fused-ring (bicyclic) bond motifs is 1. The third-order valence-corrected chi connectivity index (χ3v) is 4.40. The van der Waals surface area contributed by atoms with Crippen molar-refractivity contribution in [1.29, 1.82) is 0 Å². The number of primary amides is 1. The second-order valence-electron chi connectivity index (χ2n) is 6.34. The highest BCUT2D eigenvalue weighted by atomic mass is 16.5. The van der Waals surface area contributed by atoms with Gasteiger partial charge in [0.2, 0.25) is 0 Å². The molecule has 2 N–H and O–H groups in total. The number of para-hydroxylation sites is 3. The van der Waals surface area contributed by atoms with E-state index in [1.807, 2.05) is 36.4 Å². The van der Waals surface area contributed by atoms with E-state index in [-0.39, 0.29) is 12.5 Å². The zero-order chi connectivity index (χ0) is 19.5. The molecule has 0 unspecified atom stereocenters. The third kappa shape index (κ3) is 3.53. The Hall–Kier alpha value is -3.80. The molecule has 2 amide bonds. The van der Waals surface area contributed by atoms with E-state index in [0.717, 1.165) is 0 Å². The third-order valence-electron chi connectivity index (χ3n) is 4.40. The van der Waals surface area contributed by atoms with E-state index < -0.39 is 12.0 Å². The number of anilines is 1. The topological polar surface area (TPSA) is 81.9 Å². The molecule has 3 aromatic carbocycles. The van der Waals surface area contributed by atoms with Crippen molar-refractivity contribution in [2.24, 2.45) is 5.73 Å². The number of nitrogens with two attached hydrogens (primary N) is 1. The Kier molecular flexibility index (Phi) is 4.68. The van der Waals surface area contributed by atoms with Crippen LogP contribution in [-0.4, -0.2) is 24.5 Å². The fourth-order valence-electron chi connectivity index (χ4n) is 3.05. The van der Waals surface area contributed by atoms with Gasteiger partial charge in [-0.1, -0.05) is 36.4 Å². The SMILES string of the molecule is NC(=O)[C@H]1CN(C(=O)c2cccc(Oc3ccccc3)c2)c2ccccc2O1. The second-order valence-corrected chi connectivity index (χ2v) is 6.34. The summed E-state index contributed by atoms with van der Waals surface area (Å²) < 4.78 is 11.4. The highest BCUT2D eigenvalue weighted by Gasteiger charge is 2.33. The van der Waals surface area contributed by atoms with E-state index in [9.17, 15) is 9.59 Å². The minimum absolute atomic E-state index is 0.0505. The molecule has 1 aliphatic rings. The molecule has 0 radical (unpaired) electrons. The summed E-state index contributed by atoms with van der Waals surface area (Å²) in [6.45, 7) is 0.0505. The smallest absolute Gasteiger partial charge is 0.260 e. The average molecular weight is 374 g/mol. The monoisotopic (exact) mass is 374 g/mol. The minimum Gasteiger partial charge on any atom is -0.477 e. The molecule has 0 spiro atoms. The number of hydrogen-bond acceptors (Lipinski definition) is 4. The first kappa shape index (κ1) is 17.6. The van der Waals surface area contributed by atoms with E-state index in [1.54, 1.807) is 42.5 Å². The molecule has 0 fully saturated rings. The number of benzene rings is 3. The van der Waals surface area contributed by atoms with Crippen LogP contribution >= 0.6 is 0 Å². The van der Waals surface area contributed by atoms with Gasteiger partial charge in [0, 0.05) is 5.56 Å². The van der Waals surface area contributed by atoms with Gasteiger partial charge in [-0.25, -0.2) is 0 Å². The maximum Gasteiger partial charge on any atom is 0.260 e. The Balaban J connectivity index is 1.64. The largest absolute Gasteiger partial charge is 0.477 e. The van der Waals surface area contributed by atoms with Crippen LogP contribution in [0.2, 0.25) is 0 Å². The molecule has 1 atom stereocenters. The van der Waals surface area contributed by atoms with Gasteiger partial charge in [0.25, 0.3) is 11.8 Å². The summed E-state index contributed by atoms with van der Waals surface area (Å²) in [5, 5.41) is 0. The molecule has 4 rings (SSSR count). The van der Waals surface area contributed by atoms with Crippen molar-refractivity contribution >= 4 is 17.5 Å². The minimum atomic E-state index is -0.900. The molecule has 3 aromatic rings. The molecule has 0 aromatic heterocycles. The highest BCUT2D eigenvalue weighted by Crippen LogP contribution is 2.34. The lowest BCUT2D eigenvalue weighted by Crippen LogP contribution is -2.49. The Morgan fingerprint density at radius 3 is 2.43 bits per heavy atom. The van der Waals surface area contributed by atoms with Crippen LogP contribution in [0.4, 0.5) is 5.69 Å². The normalized spacial score (nSPS) is 15.3. The highest BCUT2D eigenvalue weighted by molar-refractivity contribution is 6.08. The Morgan fingerprint density at radius 2 is 1.64 bits per heavy atom. The predicted octanol–water partition coefficient (Wildman–Crippen LogP) is 3.37. The number of nitrogens with zero attached hydrogens (tertiary/aromatic N) is 1. The maximum absolute atomic E-state index is 13.2. The molecule has 0 saturated heterocycles. The van der Waals surface area contributed by atoms with Crippen molar-refractivity contribution in [3.63, 3.8) is 0 Å². The van der Waals surface area contributed by atoms with Crippen molar-refractivity contribution in [2.75, 3.05) is 11.4 Å². The summed E-state index contributed by atoms with van der Waals surface area (Å²) in [6, 6.07) is 23.3. The van der Waals surface area contributed by atoms with Crippen LogP contribution in [0.5, 0.6) is 17.2 Å². The molecule has 0 bridgehead atoms. The van der Waals surface area contributed by atoms with Crippen LogP contribution < -0.4 is 20.1 Å². The fourth-order valence-corrected chi connectivity index (χ4v) is 3.05. The van der Waals surface area contributed by atoms with Crippen LogP contribution in [0.15, 0.2) is 78.9 Å². The summed E-state index contributed by atoms with van der Waals surface area (Å²) >= 11 is 0. The first-order valence-corrected chi connectivity index (χ1v) is 8.81. The number of carbonyl (C=O) groups excluding carboxylic acids is 2. The molecular weight excluding hydrogens is 356 g/mol. The number of rotatable bonds is 4. The van der Waals surface area contributed by atoms with Gasteiger partial charge in [0.05, 0.1) is 12.2 Å². The fraction of sp³-hybridized carbons (Fsp3) is 0.0909. The summed E-state index contributed by atoms with van der Waals surface area (Å²) in [5.74, 6) is 0.791. The zero-order valence-corrected chi connectivity index (χ0v) is 14.9. The lowest BCUT2D eigenvalue weighted by Gasteiger charge is -2.33. The van der Waals surface area contributed by atoms with E-state index >= 15 is 0 Å². The lowest BCUT2D eigenvalue weighted by molar-refractivity contribution is -0.124. The molecule has 0 saturated carbocycles. The van der Waals surface area contributed by atoms with Gasteiger partial charge in [0.1, 0.15) is 17.2 Å². The standard InChI is InChI=1S/C22H18N2O4/c23-21(25)20-14-24(18-11-4-5-12-19(18)28-20)22(26)15-7-6-10-17(13-15)27-16-8-2-1-3-9-16/h1-13,20H,14H2,(H2,23,25)/t20-/m1/s1. The van der Waals surface area contributed by atoms with Gasteiger partial charge in [0.15, 0.2) is 6.10 Å². The summed E-state index contributed by atoms with van der Waals surface area (Å²) in [6.07, 6.45) is -0.900. The Labute approximate surface area is 162 Å². The van der Waals surface area contributed by atoms with E-state index in [1.165, 1.54) is 4.90 Å². The van der Waals surface area contributed by atoms with Gasteiger partial charge in [-0.05, 0) is 42.5 Å². The number of amides is 2. The first-order chi connectivity index (χ1) is 13.6. The van der Waals surface area contributed by atoms with Gasteiger partial charge < -0.3 is 20.1 Å². The van der Waals surface area contributed by atoms with Crippen LogP contribution in [0.3, 0.4) is 0 Å². The number of carbonyl (C=O) groups is 2. The lowest BCUT2D eigenvalue weighted by atomic mass is 10.1. The van der Waals surface area contributed by atoms with Gasteiger partial charge in [-0.15, -0.1) is 0 Å². The van der Waals surface area contributed by atoms with Crippen molar-refractivity contribution < 1.29 is 19.1 Å². The molecule has 28 heavy (non-hydrogen) atoms. The predicted molar refractivity (Wildman–Crippen MR) is 105 cm³/mol. The summed E-state index contributed by atoms with van der Waals surface area (Å²) in [5.41, 5.74) is 6.45. The van der Waals surface area contributed by atoms with E-state index in [4.69, 9.17) is 15.2 Å². The van der Waals surface area contributed by atoms with Crippen LogP contribution in [-0.2, 0) is 4.79 Å². The first-order valence-electron chi connectivity index (χ1n) is 8.81. The molecule has 6 nitrogen and oxygen atoms in total. The van der Waals surface area contributed by atoms with E-state index in [2.05, 4.69) is 0 Å². The number of ether oxygens (including phenoxy) is 2. The van der Waals surface area contributed by atoms with Gasteiger partial charge >= 0.3 is 0 Å². The van der Waals surface area contributed by atoms with Gasteiger partial charge in [-0.2, -0.15) is 0 Å². The molecule has 1 heterocycles. The quantitative estimate of drug-likeness (QED) is 0.759. The molecule has 1 aliphatic heterocycles. The molecular formula is C22H18N2O4. The van der Waals surface area contributed by atoms with Crippen molar-refractivity contribution in [2.45, 2.75) is 6.10 Å². The Morgan fingerprint density at radius 1 is 0.929 bits per heavy atom. The molecule has 140 valence electrons. The van der Waals surface area contributed by atoms with Crippen molar-refractivity contribution in [3.05, 3.63) is 84.4 Å². The number of hydrogen-bond donors (Lipinski definition) is 1. The maximum atomic E-state index is 13.2. The van der Waals surface area contributed by atoms with Crippen LogP contribution in [0.1, 0.15) is 10.4 Å². The van der Waals surface area contributed by atoms with E-state index in [0.29, 0.717) is 28.5 Å². The van der Waals surface area contributed by atoms with Gasteiger partial charge in [-0.3, -0.25) is 9.59 Å². The summed E-state index contributed by atoms with van der Waals surface area (Å²) in [7, 11) is 0. The zero-order valence-electron chi connectivity index (χ0n) is 14.9. The van der Waals surface area contributed by atoms with Crippen LogP contribution in [0.25, 0.3) is 0 Å². The molecule has 0 aliphatic carbocycles. The summed E-state index contributed by atoms with van der Waals surface area (Å²) in [4.78, 5) is 26.4. The molecule has 6 heteroatoms. The average Bonchev–Trinajstić information content (AvgIpc) is 2.73. The van der Waals surface area contributed by atoms with Crippen molar-refractivity contribution in [3.8, 4) is 17.2 Å². The van der Waals surface area contributed by atoms with Crippen LogP contribution in [0, 0.1) is 0 Å². The Bertz CT molecular complexity index is 1020. The van der Waals surface area contributed by atoms with Crippen molar-refractivity contribution in [1.82, 2.24) is 0 Å². The second kappa shape index (κ2) is 7.44.